The van der Waals surface area contributed by atoms with Gasteiger partial charge in [-0.3, -0.25) is 9.59 Å². The minimum atomic E-state index is -0.903. The van der Waals surface area contributed by atoms with E-state index in [2.05, 4.69) is 20.8 Å². The van der Waals surface area contributed by atoms with Gasteiger partial charge >= 0.3 is 11.9 Å². The van der Waals surface area contributed by atoms with Crippen molar-refractivity contribution in [2.24, 2.45) is 17.8 Å². The Labute approximate surface area is 140 Å². The Kier molecular flexibility index (Phi) is 8.97. The third-order valence-corrected chi connectivity index (χ3v) is 4.45. The van der Waals surface area contributed by atoms with Crippen LogP contribution in [0.2, 0.25) is 0 Å². The maximum atomic E-state index is 12.5. The van der Waals surface area contributed by atoms with Crippen molar-refractivity contribution in [1.29, 1.82) is 0 Å². The minimum Gasteiger partial charge on any atom is -0.481 e. The monoisotopic (exact) mass is 324 g/mol. The summed E-state index contributed by atoms with van der Waals surface area (Å²) in [5.41, 5.74) is 0. The third-order valence-electron chi connectivity index (χ3n) is 4.45. The Hall–Kier alpha value is -1.32. The number of carbonyl (C=O) groups excluding carboxylic acids is 1. The molecule has 1 aliphatic rings. The molecule has 0 aromatic rings. The van der Waals surface area contributed by atoms with Crippen molar-refractivity contribution in [2.75, 3.05) is 0 Å². The van der Waals surface area contributed by atoms with E-state index < -0.39 is 17.8 Å². The molecule has 0 aromatic heterocycles. The van der Waals surface area contributed by atoms with Gasteiger partial charge in [0.05, 0.1) is 11.8 Å². The fraction of sp³-hybridized carbons (Fsp3) is 0.789. The second-order valence-corrected chi connectivity index (χ2v) is 7.03. The molecule has 23 heavy (non-hydrogen) atoms. The molecule has 0 heterocycles. The molecule has 1 N–H and O–H groups in total. The summed E-state index contributed by atoms with van der Waals surface area (Å²) in [5.74, 6) is -1.96. The standard InChI is InChI=1S/C19H32O4/c1-4-5-6-7-10-15(13-14(2)3)23-19(22)17-12-9-8-11-16(17)18(20)21/h8-9,14-17H,4-7,10-13H2,1-3H3,(H,20,21). The number of allylic oxidation sites excluding steroid dienone is 2. The van der Waals surface area contributed by atoms with Crippen LogP contribution in [0.3, 0.4) is 0 Å². The number of hydrogen-bond acceptors (Lipinski definition) is 3. The highest BCUT2D eigenvalue weighted by atomic mass is 16.5. The molecule has 0 aliphatic heterocycles. The Morgan fingerprint density at radius 2 is 1.78 bits per heavy atom. The molecule has 0 saturated heterocycles. The zero-order valence-electron chi connectivity index (χ0n) is 14.8. The summed E-state index contributed by atoms with van der Waals surface area (Å²) in [6, 6.07) is 0. The van der Waals surface area contributed by atoms with Crippen molar-refractivity contribution in [2.45, 2.75) is 78.2 Å². The molecular weight excluding hydrogens is 292 g/mol. The molecule has 0 spiro atoms. The predicted molar refractivity (Wildman–Crippen MR) is 91.1 cm³/mol. The Balaban J connectivity index is 2.59. The van der Waals surface area contributed by atoms with Crippen molar-refractivity contribution in [3.63, 3.8) is 0 Å². The van der Waals surface area contributed by atoms with E-state index in [4.69, 9.17) is 4.74 Å². The first-order valence-electron chi connectivity index (χ1n) is 9.04. The molecule has 1 aliphatic carbocycles. The van der Waals surface area contributed by atoms with Crippen LogP contribution in [0.1, 0.15) is 72.1 Å². The fourth-order valence-electron chi connectivity index (χ4n) is 3.15. The zero-order chi connectivity index (χ0) is 17.2. The van der Waals surface area contributed by atoms with E-state index in [1.807, 2.05) is 12.2 Å². The Bertz CT molecular complexity index is 400. The van der Waals surface area contributed by atoms with Gasteiger partial charge < -0.3 is 9.84 Å². The average Bonchev–Trinajstić information content (AvgIpc) is 2.50. The van der Waals surface area contributed by atoms with E-state index >= 15 is 0 Å². The molecule has 0 aromatic carbocycles. The van der Waals surface area contributed by atoms with Crippen molar-refractivity contribution in [3.05, 3.63) is 12.2 Å². The highest BCUT2D eigenvalue weighted by molar-refractivity contribution is 5.81. The molecule has 0 bridgehead atoms. The lowest BCUT2D eigenvalue weighted by atomic mass is 9.83. The van der Waals surface area contributed by atoms with Crippen LogP contribution in [-0.2, 0) is 14.3 Å². The number of rotatable bonds is 10. The van der Waals surface area contributed by atoms with Gasteiger partial charge in [-0.25, -0.2) is 0 Å². The molecule has 4 heteroatoms. The molecule has 132 valence electrons. The van der Waals surface area contributed by atoms with Gasteiger partial charge in [-0.1, -0.05) is 52.2 Å². The molecule has 1 rings (SSSR count). The SMILES string of the molecule is CCCCCCC(CC(C)C)OC(=O)C1CC=CCC1C(=O)O. The van der Waals surface area contributed by atoms with Crippen LogP contribution in [0.4, 0.5) is 0 Å². The van der Waals surface area contributed by atoms with Crippen molar-refractivity contribution in [1.82, 2.24) is 0 Å². The molecule has 4 nitrogen and oxygen atoms in total. The smallest absolute Gasteiger partial charge is 0.310 e. The van der Waals surface area contributed by atoms with Crippen LogP contribution in [0.15, 0.2) is 12.2 Å². The van der Waals surface area contributed by atoms with E-state index in [1.165, 1.54) is 12.8 Å². The number of carboxylic acid groups (broad SMARTS) is 1. The quantitative estimate of drug-likeness (QED) is 0.363. The van der Waals surface area contributed by atoms with E-state index in [-0.39, 0.29) is 12.1 Å². The highest BCUT2D eigenvalue weighted by Crippen LogP contribution is 2.28. The minimum absolute atomic E-state index is 0.0836. The number of unbranched alkanes of at least 4 members (excludes halogenated alkanes) is 3. The number of hydrogen-bond donors (Lipinski definition) is 1. The molecule has 0 radical (unpaired) electrons. The first-order chi connectivity index (χ1) is 11.0. The third kappa shape index (κ3) is 7.19. The zero-order valence-corrected chi connectivity index (χ0v) is 14.8. The van der Waals surface area contributed by atoms with Crippen LogP contribution < -0.4 is 0 Å². The van der Waals surface area contributed by atoms with Crippen molar-refractivity contribution < 1.29 is 19.4 Å². The molecule has 0 amide bonds. The Morgan fingerprint density at radius 1 is 1.13 bits per heavy atom. The van der Waals surface area contributed by atoms with Crippen LogP contribution in [0, 0.1) is 17.8 Å². The predicted octanol–water partition coefficient (Wildman–Crippen LogP) is 4.58. The first kappa shape index (κ1) is 19.7. The molecule has 3 unspecified atom stereocenters. The lowest BCUT2D eigenvalue weighted by molar-refractivity contribution is -0.162. The van der Waals surface area contributed by atoms with Gasteiger partial charge in [0.25, 0.3) is 0 Å². The van der Waals surface area contributed by atoms with Gasteiger partial charge in [0, 0.05) is 0 Å². The van der Waals surface area contributed by atoms with Crippen LogP contribution in [-0.4, -0.2) is 23.1 Å². The molecule has 0 saturated carbocycles. The second kappa shape index (κ2) is 10.5. The van der Waals surface area contributed by atoms with E-state index in [0.29, 0.717) is 18.8 Å². The summed E-state index contributed by atoms with van der Waals surface area (Å²) in [6.45, 7) is 6.42. The van der Waals surface area contributed by atoms with E-state index in [9.17, 15) is 14.7 Å². The normalized spacial score (nSPS) is 22.1. The maximum absolute atomic E-state index is 12.5. The van der Waals surface area contributed by atoms with Crippen LogP contribution in [0.25, 0.3) is 0 Å². The van der Waals surface area contributed by atoms with Gasteiger partial charge in [0.15, 0.2) is 0 Å². The summed E-state index contributed by atoms with van der Waals surface area (Å²) in [4.78, 5) is 23.8. The van der Waals surface area contributed by atoms with Gasteiger partial charge in [0.2, 0.25) is 0 Å². The number of ether oxygens (including phenoxy) is 1. The maximum Gasteiger partial charge on any atom is 0.310 e. The van der Waals surface area contributed by atoms with Gasteiger partial charge in [-0.05, 0) is 38.0 Å². The van der Waals surface area contributed by atoms with Gasteiger partial charge in [-0.2, -0.15) is 0 Å². The molecule has 0 fully saturated rings. The van der Waals surface area contributed by atoms with Crippen molar-refractivity contribution in [3.8, 4) is 0 Å². The average molecular weight is 324 g/mol. The fourth-order valence-corrected chi connectivity index (χ4v) is 3.15. The lowest BCUT2D eigenvalue weighted by Gasteiger charge is -2.27. The van der Waals surface area contributed by atoms with Gasteiger partial charge in [-0.15, -0.1) is 0 Å². The topological polar surface area (TPSA) is 63.6 Å². The summed E-state index contributed by atoms with van der Waals surface area (Å²) < 4.78 is 5.73. The number of esters is 1. The summed E-state index contributed by atoms with van der Waals surface area (Å²) in [5, 5.41) is 9.30. The van der Waals surface area contributed by atoms with E-state index in [0.717, 1.165) is 25.7 Å². The highest BCUT2D eigenvalue weighted by Gasteiger charge is 2.36. The van der Waals surface area contributed by atoms with Crippen LogP contribution >= 0.6 is 0 Å². The number of aliphatic carboxylic acids is 1. The van der Waals surface area contributed by atoms with Gasteiger partial charge in [0.1, 0.15) is 6.10 Å². The van der Waals surface area contributed by atoms with Crippen molar-refractivity contribution >= 4 is 11.9 Å². The van der Waals surface area contributed by atoms with E-state index in [1.54, 1.807) is 0 Å². The molecular formula is C19H32O4. The largest absolute Gasteiger partial charge is 0.481 e. The lowest BCUT2D eigenvalue weighted by Crippen LogP contribution is -2.34. The first-order valence-corrected chi connectivity index (χ1v) is 9.04. The summed E-state index contributed by atoms with van der Waals surface area (Å²) in [7, 11) is 0. The molecule has 3 atom stereocenters. The van der Waals surface area contributed by atoms with Crippen LogP contribution in [0.5, 0.6) is 0 Å². The number of carboxylic acids is 1. The number of carbonyl (C=O) groups is 2. The summed E-state index contributed by atoms with van der Waals surface area (Å²) >= 11 is 0. The second-order valence-electron chi connectivity index (χ2n) is 7.03. The Morgan fingerprint density at radius 3 is 2.35 bits per heavy atom. The summed E-state index contributed by atoms with van der Waals surface area (Å²) in [6.07, 6.45) is 10.9.